The number of nitrogens with one attached hydrogen (secondary N) is 1. The summed E-state index contributed by atoms with van der Waals surface area (Å²) in [6.07, 6.45) is 1.71. The average Bonchev–Trinajstić information content (AvgIpc) is 2.60. The van der Waals surface area contributed by atoms with E-state index in [4.69, 9.17) is 0 Å². The molecule has 2 aromatic carbocycles. The van der Waals surface area contributed by atoms with Gasteiger partial charge in [0.25, 0.3) is 11.8 Å². The maximum absolute atomic E-state index is 12.9. The highest BCUT2D eigenvalue weighted by Crippen LogP contribution is 2.36. The lowest BCUT2D eigenvalue weighted by Gasteiger charge is -2.30. The molecule has 0 aliphatic carbocycles. The fourth-order valence-corrected chi connectivity index (χ4v) is 3.10. The van der Waals surface area contributed by atoms with Crippen molar-refractivity contribution in [2.24, 2.45) is 0 Å². The third kappa shape index (κ3) is 3.50. The van der Waals surface area contributed by atoms with Gasteiger partial charge in [-0.25, -0.2) is 0 Å². The van der Waals surface area contributed by atoms with E-state index in [1.54, 1.807) is 41.3 Å². The monoisotopic (exact) mass is 338 g/mol. The van der Waals surface area contributed by atoms with Crippen LogP contribution in [0.1, 0.15) is 46.5 Å². The number of hydrogen-bond acceptors (Lipinski definition) is 3. The molecule has 2 amide bonds. The van der Waals surface area contributed by atoms with Gasteiger partial charge in [-0.15, -0.1) is 0 Å². The molecule has 1 aliphatic rings. The minimum absolute atomic E-state index is 0.0571. The molecule has 0 fully saturated rings. The Kier molecular flexibility index (Phi) is 4.74. The highest BCUT2D eigenvalue weighted by Gasteiger charge is 2.26. The van der Waals surface area contributed by atoms with Crippen LogP contribution in [-0.4, -0.2) is 29.5 Å². The molecule has 5 heteroatoms. The van der Waals surface area contributed by atoms with Gasteiger partial charge in [0.15, 0.2) is 0 Å². The quantitative estimate of drug-likeness (QED) is 0.903. The van der Waals surface area contributed by atoms with Crippen molar-refractivity contribution in [1.29, 1.82) is 0 Å². The number of benzene rings is 2. The summed E-state index contributed by atoms with van der Waals surface area (Å²) in [6.45, 7) is 4.37. The Labute approximate surface area is 147 Å². The summed E-state index contributed by atoms with van der Waals surface area (Å²) < 4.78 is 0. The lowest BCUT2D eigenvalue weighted by atomic mass is 9.99. The van der Waals surface area contributed by atoms with Gasteiger partial charge in [-0.3, -0.25) is 9.59 Å². The van der Waals surface area contributed by atoms with E-state index < -0.39 is 0 Å². The predicted molar refractivity (Wildman–Crippen MR) is 97.1 cm³/mol. The number of carbonyl (C=O) groups is 2. The Bertz CT molecular complexity index is 797. The SMILES string of the molecule is CC(C)NC(=O)c1ccc(C(=O)N2CCCc3cccc(O)c32)cc1. The second-order valence-corrected chi connectivity index (χ2v) is 6.55. The summed E-state index contributed by atoms with van der Waals surface area (Å²) in [7, 11) is 0. The van der Waals surface area contributed by atoms with Crippen molar-refractivity contribution in [3.05, 3.63) is 59.2 Å². The molecule has 130 valence electrons. The van der Waals surface area contributed by atoms with Crippen molar-refractivity contribution in [3.63, 3.8) is 0 Å². The van der Waals surface area contributed by atoms with E-state index in [0.717, 1.165) is 18.4 Å². The normalized spacial score (nSPS) is 13.5. The molecule has 0 spiro atoms. The lowest BCUT2D eigenvalue weighted by molar-refractivity contribution is 0.0940. The highest BCUT2D eigenvalue weighted by atomic mass is 16.3. The van der Waals surface area contributed by atoms with Crippen LogP contribution in [0.25, 0.3) is 0 Å². The van der Waals surface area contributed by atoms with Gasteiger partial charge in [-0.05, 0) is 62.6 Å². The van der Waals surface area contributed by atoms with Crippen molar-refractivity contribution < 1.29 is 14.7 Å². The van der Waals surface area contributed by atoms with Gasteiger partial charge in [0.05, 0.1) is 5.69 Å². The number of carbonyl (C=O) groups excluding carboxylic acids is 2. The molecule has 1 aliphatic heterocycles. The molecule has 0 aromatic heterocycles. The highest BCUT2D eigenvalue weighted by molar-refractivity contribution is 6.08. The fraction of sp³-hybridized carbons (Fsp3) is 0.300. The summed E-state index contributed by atoms with van der Waals surface area (Å²) in [5, 5.41) is 13.0. The van der Waals surface area contributed by atoms with Crippen molar-refractivity contribution in [1.82, 2.24) is 5.32 Å². The Morgan fingerprint density at radius 1 is 1.08 bits per heavy atom. The standard InChI is InChI=1S/C20H22N2O3/c1-13(2)21-19(24)15-8-10-16(11-9-15)20(25)22-12-4-6-14-5-3-7-17(23)18(14)22/h3,5,7-11,13,23H,4,6,12H2,1-2H3,(H,21,24). The third-order valence-electron chi connectivity index (χ3n) is 4.26. The molecule has 5 nitrogen and oxygen atoms in total. The zero-order valence-electron chi connectivity index (χ0n) is 14.5. The maximum Gasteiger partial charge on any atom is 0.258 e. The fourth-order valence-electron chi connectivity index (χ4n) is 3.10. The van der Waals surface area contributed by atoms with Gasteiger partial charge in [0, 0.05) is 23.7 Å². The second-order valence-electron chi connectivity index (χ2n) is 6.55. The van der Waals surface area contributed by atoms with Gasteiger partial charge in [0.1, 0.15) is 5.75 Å². The number of anilines is 1. The van der Waals surface area contributed by atoms with Crippen LogP contribution in [0.15, 0.2) is 42.5 Å². The first kappa shape index (κ1) is 17.0. The number of fused-ring (bicyclic) bond motifs is 1. The van der Waals surface area contributed by atoms with Gasteiger partial charge in [-0.1, -0.05) is 12.1 Å². The molecular formula is C20H22N2O3. The maximum atomic E-state index is 12.9. The summed E-state index contributed by atoms with van der Waals surface area (Å²) in [5.41, 5.74) is 2.59. The van der Waals surface area contributed by atoms with Gasteiger partial charge in [-0.2, -0.15) is 0 Å². The molecule has 2 aromatic rings. The number of phenols is 1. The zero-order chi connectivity index (χ0) is 18.0. The summed E-state index contributed by atoms with van der Waals surface area (Å²) in [5.74, 6) is -0.202. The van der Waals surface area contributed by atoms with Crippen molar-refractivity contribution in [2.45, 2.75) is 32.7 Å². The molecule has 0 bridgehead atoms. The summed E-state index contributed by atoms with van der Waals surface area (Å²) >= 11 is 0. The van der Waals surface area contributed by atoms with E-state index in [1.165, 1.54) is 0 Å². The first-order chi connectivity index (χ1) is 12.0. The number of nitrogens with zero attached hydrogens (tertiary/aromatic N) is 1. The van der Waals surface area contributed by atoms with Crippen LogP contribution in [0.2, 0.25) is 0 Å². The molecule has 0 saturated heterocycles. The molecule has 25 heavy (non-hydrogen) atoms. The molecule has 0 radical (unpaired) electrons. The average molecular weight is 338 g/mol. The minimum Gasteiger partial charge on any atom is -0.506 e. The van der Waals surface area contributed by atoms with Crippen LogP contribution in [-0.2, 0) is 6.42 Å². The number of aromatic hydroxyl groups is 1. The van der Waals surface area contributed by atoms with Crippen LogP contribution < -0.4 is 10.2 Å². The zero-order valence-corrected chi connectivity index (χ0v) is 14.5. The smallest absolute Gasteiger partial charge is 0.258 e. The number of para-hydroxylation sites is 1. The van der Waals surface area contributed by atoms with Crippen LogP contribution in [0.4, 0.5) is 5.69 Å². The predicted octanol–water partition coefficient (Wildman–Crippen LogP) is 3.12. The number of hydrogen-bond donors (Lipinski definition) is 2. The Balaban J connectivity index is 1.84. The molecule has 0 unspecified atom stereocenters. The largest absolute Gasteiger partial charge is 0.506 e. The van der Waals surface area contributed by atoms with Crippen molar-refractivity contribution >= 4 is 17.5 Å². The number of amides is 2. The van der Waals surface area contributed by atoms with Crippen molar-refractivity contribution in [3.8, 4) is 5.75 Å². The third-order valence-corrected chi connectivity index (χ3v) is 4.26. The van der Waals surface area contributed by atoms with Gasteiger partial charge < -0.3 is 15.3 Å². The van der Waals surface area contributed by atoms with Crippen LogP contribution in [0.3, 0.4) is 0 Å². The van der Waals surface area contributed by atoms with Gasteiger partial charge in [0.2, 0.25) is 0 Å². The van der Waals surface area contributed by atoms with Crippen LogP contribution >= 0.6 is 0 Å². The van der Waals surface area contributed by atoms with E-state index in [-0.39, 0.29) is 23.6 Å². The second kappa shape index (κ2) is 6.97. The number of phenolic OH excluding ortho intramolecular Hbond substituents is 1. The number of rotatable bonds is 3. The Hall–Kier alpha value is -2.82. The molecular weight excluding hydrogens is 316 g/mol. The molecule has 1 heterocycles. The molecule has 3 rings (SSSR count). The first-order valence-corrected chi connectivity index (χ1v) is 8.51. The molecule has 2 N–H and O–H groups in total. The van der Waals surface area contributed by atoms with Crippen LogP contribution in [0, 0.1) is 0 Å². The van der Waals surface area contributed by atoms with Crippen molar-refractivity contribution in [2.75, 3.05) is 11.4 Å². The van der Waals surface area contributed by atoms with Crippen LogP contribution in [0.5, 0.6) is 5.75 Å². The number of aryl methyl sites for hydroxylation is 1. The van der Waals surface area contributed by atoms with E-state index >= 15 is 0 Å². The van der Waals surface area contributed by atoms with Gasteiger partial charge >= 0.3 is 0 Å². The van der Waals surface area contributed by atoms with E-state index in [1.807, 2.05) is 19.9 Å². The Morgan fingerprint density at radius 3 is 2.44 bits per heavy atom. The molecule has 0 saturated carbocycles. The topological polar surface area (TPSA) is 69.6 Å². The minimum atomic E-state index is -0.168. The van der Waals surface area contributed by atoms with E-state index in [2.05, 4.69) is 5.32 Å². The molecule has 0 atom stereocenters. The summed E-state index contributed by atoms with van der Waals surface area (Å²) in [4.78, 5) is 26.5. The van der Waals surface area contributed by atoms with E-state index in [0.29, 0.717) is 23.4 Å². The Morgan fingerprint density at radius 2 is 1.76 bits per heavy atom. The van der Waals surface area contributed by atoms with E-state index in [9.17, 15) is 14.7 Å². The lowest BCUT2D eigenvalue weighted by Crippen LogP contribution is -2.35. The summed E-state index contributed by atoms with van der Waals surface area (Å²) in [6, 6.07) is 12.0. The first-order valence-electron chi connectivity index (χ1n) is 8.51.